The highest BCUT2D eigenvalue weighted by atomic mass is 16.3. The van der Waals surface area contributed by atoms with Gasteiger partial charge in [-0.15, -0.1) is 6.42 Å². The van der Waals surface area contributed by atoms with Gasteiger partial charge in [-0.3, -0.25) is 14.4 Å². The molecular formula is C23H20N4O2. The number of fused-ring (bicyclic) bond motifs is 3. The number of aromatic nitrogens is 2. The Hall–Kier alpha value is -3.69. The monoisotopic (exact) mass is 384 g/mol. The van der Waals surface area contributed by atoms with Gasteiger partial charge in [0.15, 0.2) is 5.69 Å². The van der Waals surface area contributed by atoms with Gasteiger partial charge in [-0.1, -0.05) is 36.3 Å². The first-order valence-electron chi connectivity index (χ1n) is 9.32. The van der Waals surface area contributed by atoms with Crippen molar-refractivity contribution in [2.24, 2.45) is 4.99 Å². The van der Waals surface area contributed by atoms with Gasteiger partial charge in [-0.25, -0.2) is 4.98 Å². The van der Waals surface area contributed by atoms with Crippen LogP contribution in [0.4, 0.5) is 0 Å². The molecule has 0 saturated heterocycles. The zero-order chi connectivity index (χ0) is 20.4. The Labute approximate surface area is 168 Å². The first-order valence-corrected chi connectivity index (χ1v) is 9.32. The number of benzene rings is 2. The SMILES string of the molecule is C#Cc1ccc2c(c1)C(c1ccccc1)=NCc1c(C(=O)NC[C@H](C)O)ncn1-2. The Morgan fingerprint density at radius 3 is 2.83 bits per heavy atom. The number of imidazole rings is 1. The molecule has 0 bridgehead atoms. The van der Waals surface area contributed by atoms with Crippen LogP contribution in [0.5, 0.6) is 0 Å². The van der Waals surface area contributed by atoms with Crippen molar-refractivity contribution in [2.45, 2.75) is 19.6 Å². The molecule has 29 heavy (non-hydrogen) atoms. The molecule has 2 heterocycles. The van der Waals surface area contributed by atoms with Crippen molar-refractivity contribution in [3.05, 3.63) is 82.9 Å². The molecule has 2 N–H and O–H groups in total. The van der Waals surface area contributed by atoms with Gasteiger partial charge in [0.2, 0.25) is 0 Å². The molecule has 6 nitrogen and oxygen atoms in total. The van der Waals surface area contributed by atoms with Gasteiger partial charge in [-0.2, -0.15) is 0 Å². The van der Waals surface area contributed by atoms with E-state index < -0.39 is 6.10 Å². The Morgan fingerprint density at radius 2 is 2.10 bits per heavy atom. The Morgan fingerprint density at radius 1 is 1.31 bits per heavy atom. The fourth-order valence-corrected chi connectivity index (χ4v) is 3.35. The number of aliphatic imine (C=N–C) groups is 1. The Balaban J connectivity index is 1.85. The topological polar surface area (TPSA) is 79.5 Å². The van der Waals surface area contributed by atoms with Gasteiger partial charge >= 0.3 is 0 Å². The number of aliphatic hydroxyl groups excluding tert-OH is 1. The Bertz CT molecular complexity index is 1140. The van der Waals surface area contributed by atoms with Crippen molar-refractivity contribution >= 4 is 11.6 Å². The van der Waals surface area contributed by atoms with Crippen molar-refractivity contribution in [2.75, 3.05) is 6.54 Å². The third-order valence-electron chi connectivity index (χ3n) is 4.75. The molecule has 4 rings (SSSR count). The maximum Gasteiger partial charge on any atom is 0.271 e. The summed E-state index contributed by atoms with van der Waals surface area (Å²) in [6.07, 6.45) is 6.62. The predicted octanol–water partition coefficient (Wildman–Crippen LogP) is 2.32. The summed E-state index contributed by atoms with van der Waals surface area (Å²) in [5, 5.41) is 12.1. The molecule has 144 valence electrons. The number of nitrogens with zero attached hydrogens (tertiary/aromatic N) is 3. The number of carbonyl (C=O) groups excluding carboxylic acids is 1. The minimum Gasteiger partial charge on any atom is -0.392 e. The molecule has 0 unspecified atom stereocenters. The van der Waals surface area contributed by atoms with Gasteiger partial charge < -0.3 is 10.4 Å². The largest absolute Gasteiger partial charge is 0.392 e. The van der Waals surface area contributed by atoms with E-state index in [0.29, 0.717) is 17.9 Å². The molecule has 1 amide bonds. The maximum atomic E-state index is 12.6. The van der Waals surface area contributed by atoms with Crippen LogP contribution < -0.4 is 5.32 Å². The summed E-state index contributed by atoms with van der Waals surface area (Å²) >= 11 is 0. The molecule has 6 heteroatoms. The van der Waals surface area contributed by atoms with Crippen molar-refractivity contribution in [3.8, 4) is 18.0 Å². The molecule has 0 fully saturated rings. The predicted molar refractivity (Wildman–Crippen MR) is 111 cm³/mol. The van der Waals surface area contributed by atoms with E-state index in [1.165, 1.54) is 0 Å². The third-order valence-corrected chi connectivity index (χ3v) is 4.75. The van der Waals surface area contributed by atoms with Crippen LogP contribution in [0.25, 0.3) is 5.69 Å². The first-order chi connectivity index (χ1) is 14.1. The highest BCUT2D eigenvalue weighted by Gasteiger charge is 2.24. The molecule has 0 radical (unpaired) electrons. The maximum absolute atomic E-state index is 12.6. The van der Waals surface area contributed by atoms with Crippen LogP contribution in [0.1, 0.15) is 39.8 Å². The fraction of sp³-hybridized carbons (Fsp3) is 0.174. The number of terminal acetylenes is 1. The zero-order valence-electron chi connectivity index (χ0n) is 16.0. The molecule has 0 spiro atoms. The second kappa shape index (κ2) is 7.74. The molecule has 1 atom stereocenters. The van der Waals surface area contributed by atoms with Gasteiger partial charge in [0, 0.05) is 23.2 Å². The summed E-state index contributed by atoms with van der Waals surface area (Å²) in [6.45, 7) is 2.07. The van der Waals surface area contributed by atoms with E-state index in [4.69, 9.17) is 11.4 Å². The van der Waals surface area contributed by atoms with Crippen molar-refractivity contribution in [1.82, 2.24) is 14.9 Å². The van der Waals surface area contributed by atoms with Crippen LogP contribution in [-0.2, 0) is 6.54 Å². The number of amides is 1. The fourth-order valence-electron chi connectivity index (χ4n) is 3.35. The van der Waals surface area contributed by atoms with E-state index in [0.717, 1.165) is 28.1 Å². The molecule has 1 aromatic heterocycles. The van der Waals surface area contributed by atoms with Crippen molar-refractivity contribution in [3.63, 3.8) is 0 Å². The quantitative estimate of drug-likeness (QED) is 0.678. The van der Waals surface area contributed by atoms with E-state index in [-0.39, 0.29) is 12.5 Å². The lowest BCUT2D eigenvalue weighted by Crippen LogP contribution is -2.31. The average Bonchev–Trinajstić information content (AvgIpc) is 3.09. The minimum absolute atomic E-state index is 0.159. The van der Waals surface area contributed by atoms with Crippen LogP contribution in [-0.4, -0.2) is 38.9 Å². The van der Waals surface area contributed by atoms with Crippen molar-refractivity contribution < 1.29 is 9.90 Å². The number of nitrogens with one attached hydrogen (secondary N) is 1. The van der Waals surface area contributed by atoms with Crippen LogP contribution in [0.3, 0.4) is 0 Å². The van der Waals surface area contributed by atoms with Gasteiger partial charge in [-0.05, 0) is 25.1 Å². The van der Waals surface area contributed by atoms with Crippen LogP contribution >= 0.6 is 0 Å². The van der Waals surface area contributed by atoms with Crippen molar-refractivity contribution in [1.29, 1.82) is 0 Å². The summed E-state index contributed by atoms with van der Waals surface area (Å²) in [7, 11) is 0. The second-order valence-corrected chi connectivity index (χ2v) is 6.88. The lowest BCUT2D eigenvalue weighted by atomic mass is 9.98. The lowest BCUT2D eigenvalue weighted by molar-refractivity contribution is 0.0918. The van der Waals surface area contributed by atoms with E-state index in [1.54, 1.807) is 13.3 Å². The van der Waals surface area contributed by atoms with Crippen LogP contribution in [0, 0.1) is 12.3 Å². The van der Waals surface area contributed by atoms with E-state index in [9.17, 15) is 9.90 Å². The minimum atomic E-state index is -0.634. The smallest absolute Gasteiger partial charge is 0.271 e. The van der Waals surface area contributed by atoms with Crippen LogP contribution in [0.2, 0.25) is 0 Å². The summed E-state index contributed by atoms with van der Waals surface area (Å²) < 4.78 is 1.88. The number of carbonyl (C=O) groups is 1. The van der Waals surface area contributed by atoms with Gasteiger partial charge in [0.25, 0.3) is 5.91 Å². The van der Waals surface area contributed by atoms with E-state index in [1.807, 2.05) is 53.1 Å². The van der Waals surface area contributed by atoms with Crippen LogP contribution in [0.15, 0.2) is 59.9 Å². The summed E-state index contributed by atoms with van der Waals surface area (Å²) in [5.74, 6) is 2.34. The normalized spacial score (nSPS) is 13.3. The molecular weight excluding hydrogens is 364 g/mol. The standard InChI is InChI=1S/C23H20N4O2/c1-3-16-9-10-19-18(11-16)21(17-7-5-4-6-8-17)24-13-20-22(26-14-27(19)20)23(29)25-12-15(2)28/h1,4-11,14-15,28H,12-13H2,2H3,(H,25,29)/t15-/m0/s1. The van der Waals surface area contributed by atoms with Gasteiger partial charge in [0.05, 0.1) is 29.7 Å². The molecule has 0 aliphatic carbocycles. The number of hydrogen-bond donors (Lipinski definition) is 2. The number of rotatable bonds is 4. The summed E-state index contributed by atoms with van der Waals surface area (Å²) in [5.41, 5.74) is 5.29. The number of hydrogen-bond acceptors (Lipinski definition) is 4. The second-order valence-electron chi connectivity index (χ2n) is 6.88. The average molecular weight is 384 g/mol. The molecule has 3 aromatic rings. The van der Waals surface area contributed by atoms with E-state index >= 15 is 0 Å². The van der Waals surface area contributed by atoms with E-state index in [2.05, 4.69) is 16.2 Å². The molecule has 1 aliphatic rings. The molecule has 0 saturated carbocycles. The summed E-state index contributed by atoms with van der Waals surface area (Å²) in [4.78, 5) is 21.7. The highest BCUT2D eigenvalue weighted by Crippen LogP contribution is 2.27. The number of aliphatic hydroxyl groups is 1. The molecule has 2 aromatic carbocycles. The Kier molecular flexibility index (Phi) is 4.98. The molecule has 1 aliphatic heterocycles. The zero-order valence-corrected chi connectivity index (χ0v) is 16.0. The van der Waals surface area contributed by atoms with Gasteiger partial charge in [0.1, 0.15) is 6.33 Å². The third kappa shape index (κ3) is 3.56. The first kappa shape index (κ1) is 18.7. The summed E-state index contributed by atoms with van der Waals surface area (Å²) in [6, 6.07) is 15.6. The lowest BCUT2D eigenvalue weighted by Gasteiger charge is -2.12. The highest BCUT2D eigenvalue weighted by molar-refractivity contribution is 6.15.